The van der Waals surface area contributed by atoms with Crippen molar-refractivity contribution < 1.29 is 9.21 Å². The Morgan fingerprint density at radius 3 is 3.00 bits per heavy atom. The molecular formula is C14H14BrN3O2. The standard InChI is InChI=1S/C14H14BrN3O2/c1-2-10-13(20-7-16-10)14(19)18-11-6-5-9(15)12(17-11)8-3-4-8/h5-8H,2-4H2,1H3,(H,17,18,19). The fraction of sp³-hybridized carbons (Fsp3) is 0.357. The summed E-state index contributed by atoms with van der Waals surface area (Å²) in [6, 6.07) is 3.69. The Morgan fingerprint density at radius 2 is 2.30 bits per heavy atom. The van der Waals surface area contributed by atoms with E-state index in [9.17, 15) is 4.79 Å². The van der Waals surface area contributed by atoms with E-state index >= 15 is 0 Å². The van der Waals surface area contributed by atoms with Gasteiger partial charge in [0.15, 0.2) is 6.39 Å². The van der Waals surface area contributed by atoms with Crippen molar-refractivity contribution in [1.29, 1.82) is 0 Å². The third kappa shape index (κ3) is 2.60. The van der Waals surface area contributed by atoms with Gasteiger partial charge in [0.2, 0.25) is 5.76 Å². The van der Waals surface area contributed by atoms with E-state index in [-0.39, 0.29) is 11.7 Å². The van der Waals surface area contributed by atoms with Gasteiger partial charge in [0.05, 0.1) is 11.4 Å². The molecule has 0 spiro atoms. The van der Waals surface area contributed by atoms with Crippen molar-refractivity contribution in [2.45, 2.75) is 32.1 Å². The molecule has 6 heteroatoms. The molecule has 2 aromatic heterocycles. The van der Waals surface area contributed by atoms with Crippen LogP contribution in [0.3, 0.4) is 0 Å². The van der Waals surface area contributed by atoms with Crippen LogP contribution < -0.4 is 5.32 Å². The lowest BCUT2D eigenvalue weighted by atomic mass is 10.2. The van der Waals surface area contributed by atoms with Gasteiger partial charge in [0.25, 0.3) is 5.91 Å². The number of hydrogen-bond acceptors (Lipinski definition) is 4. The molecule has 0 unspecified atom stereocenters. The van der Waals surface area contributed by atoms with Crippen LogP contribution in [0.25, 0.3) is 0 Å². The van der Waals surface area contributed by atoms with Crippen LogP contribution in [0.1, 0.15) is 47.6 Å². The Bertz CT molecular complexity index is 650. The van der Waals surface area contributed by atoms with E-state index in [0.29, 0.717) is 23.9 Å². The van der Waals surface area contributed by atoms with Crippen LogP contribution in [-0.2, 0) is 6.42 Å². The van der Waals surface area contributed by atoms with E-state index in [1.165, 1.54) is 6.39 Å². The summed E-state index contributed by atoms with van der Waals surface area (Å²) in [4.78, 5) is 20.7. The van der Waals surface area contributed by atoms with Gasteiger partial charge in [-0.1, -0.05) is 6.92 Å². The van der Waals surface area contributed by atoms with E-state index in [2.05, 4.69) is 31.2 Å². The number of carbonyl (C=O) groups is 1. The molecule has 2 aromatic rings. The zero-order valence-electron chi connectivity index (χ0n) is 11.0. The van der Waals surface area contributed by atoms with Crippen molar-refractivity contribution in [3.8, 4) is 0 Å². The molecular weight excluding hydrogens is 322 g/mol. The quantitative estimate of drug-likeness (QED) is 0.927. The summed E-state index contributed by atoms with van der Waals surface area (Å²) in [5.74, 6) is 0.998. The van der Waals surface area contributed by atoms with Crippen LogP contribution >= 0.6 is 15.9 Å². The number of nitrogens with zero attached hydrogens (tertiary/aromatic N) is 2. The van der Waals surface area contributed by atoms with Crippen molar-refractivity contribution in [3.05, 3.63) is 40.1 Å². The second-order valence-corrected chi connectivity index (χ2v) is 5.63. The summed E-state index contributed by atoms with van der Waals surface area (Å²) in [5, 5.41) is 2.76. The zero-order chi connectivity index (χ0) is 14.1. The highest BCUT2D eigenvalue weighted by atomic mass is 79.9. The number of nitrogens with one attached hydrogen (secondary N) is 1. The molecule has 5 nitrogen and oxygen atoms in total. The number of hydrogen-bond donors (Lipinski definition) is 1. The van der Waals surface area contributed by atoms with Crippen molar-refractivity contribution in [3.63, 3.8) is 0 Å². The highest BCUT2D eigenvalue weighted by molar-refractivity contribution is 9.10. The first-order valence-electron chi connectivity index (χ1n) is 6.59. The summed E-state index contributed by atoms with van der Waals surface area (Å²) in [7, 11) is 0. The molecule has 0 aromatic carbocycles. The molecule has 1 fully saturated rings. The third-order valence-electron chi connectivity index (χ3n) is 3.26. The SMILES string of the molecule is CCc1ncoc1C(=O)Nc1ccc(Br)c(C2CC2)n1. The number of halogens is 1. The molecule has 1 amide bonds. The number of oxazole rings is 1. The molecule has 1 saturated carbocycles. The molecule has 0 saturated heterocycles. The number of rotatable bonds is 4. The molecule has 0 radical (unpaired) electrons. The van der Waals surface area contributed by atoms with Crippen LogP contribution in [-0.4, -0.2) is 15.9 Å². The first kappa shape index (κ1) is 13.3. The molecule has 104 valence electrons. The fourth-order valence-electron chi connectivity index (χ4n) is 2.05. The predicted molar refractivity (Wildman–Crippen MR) is 77.7 cm³/mol. The number of aryl methyl sites for hydroxylation is 1. The van der Waals surface area contributed by atoms with E-state index in [4.69, 9.17) is 4.42 Å². The first-order chi connectivity index (χ1) is 9.69. The van der Waals surface area contributed by atoms with E-state index in [1.807, 2.05) is 13.0 Å². The fourth-order valence-corrected chi connectivity index (χ4v) is 2.59. The minimum absolute atomic E-state index is 0.255. The molecule has 1 aliphatic rings. The maximum Gasteiger partial charge on any atom is 0.294 e. The van der Waals surface area contributed by atoms with Crippen molar-refractivity contribution >= 4 is 27.7 Å². The van der Waals surface area contributed by atoms with Gasteiger partial charge in [0, 0.05) is 10.4 Å². The van der Waals surface area contributed by atoms with Crippen molar-refractivity contribution in [2.24, 2.45) is 0 Å². The van der Waals surface area contributed by atoms with E-state index < -0.39 is 0 Å². The van der Waals surface area contributed by atoms with Crippen molar-refractivity contribution in [2.75, 3.05) is 5.32 Å². The summed E-state index contributed by atoms with van der Waals surface area (Å²) in [5.41, 5.74) is 1.66. The molecule has 1 N–H and O–H groups in total. The minimum Gasteiger partial charge on any atom is -0.438 e. The Kier molecular flexibility index (Phi) is 3.56. The molecule has 20 heavy (non-hydrogen) atoms. The molecule has 3 rings (SSSR count). The predicted octanol–water partition coefficient (Wildman–Crippen LogP) is 3.52. The lowest BCUT2D eigenvalue weighted by Crippen LogP contribution is -2.14. The highest BCUT2D eigenvalue weighted by Gasteiger charge is 2.27. The second kappa shape index (κ2) is 5.36. The van der Waals surface area contributed by atoms with Gasteiger partial charge in [-0.05, 0) is 47.3 Å². The number of aromatic nitrogens is 2. The average Bonchev–Trinajstić information content (AvgIpc) is 3.17. The minimum atomic E-state index is -0.309. The monoisotopic (exact) mass is 335 g/mol. The lowest BCUT2D eigenvalue weighted by molar-refractivity contribution is 0.0995. The van der Waals surface area contributed by atoms with Gasteiger partial charge in [0.1, 0.15) is 5.82 Å². The Morgan fingerprint density at radius 1 is 1.50 bits per heavy atom. The normalized spacial score (nSPS) is 14.3. The largest absolute Gasteiger partial charge is 0.438 e. The summed E-state index contributed by atoms with van der Waals surface area (Å²) in [6.07, 6.45) is 4.26. The van der Waals surface area contributed by atoms with Gasteiger partial charge in [-0.25, -0.2) is 9.97 Å². The van der Waals surface area contributed by atoms with Crippen LogP contribution in [0.5, 0.6) is 0 Å². The zero-order valence-corrected chi connectivity index (χ0v) is 12.6. The lowest BCUT2D eigenvalue weighted by Gasteiger charge is -2.07. The molecule has 1 aliphatic carbocycles. The molecule has 0 atom stereocenters. The summed E-state index contributed by atoms with van der Waals surface area (Å²) >= 11 is 3.50. The smallest absolute Gasteiger partial charge is 0.294 e. The van der Waals surface area contributed by atoms with Crippen molar-refractivity contribution in [1.82, 2.24) is 9.97 Å². The Balaban J connectivity index is 1.81. The van der Waals surface area contributed by atoms with Crippen LogP contribution in [0, 0.1) is 0 Å². The maximum absolute atomic E-state index is 12.1. The Hall–Kier alpha value is -1.69. The van der Waals surface area contributed by atoms with Gasteiger partial charge in [-0.15, -0.1) is 0 Å². The topological polar surface area (TPSA) is 68.0 Å². The molecule has 0 aliphatic heterocycles. The van der Waals surface area contributed by atoms with Gasteiger partial charge in [-0.2, -0.15) is 0 Å². The average molecular weight is 336 g/mol. The highest BCUT2D eigenvalue weighted by Crippen LogP contribution is 2.42. The van der Waals surface area contributed by atoms with Crippen LogP contribution in [0.4, 0.5) is 5.82 Å². The van der Waals surface area contributed by atoms with Gasteiger partial charge < -0.3 is 9.73 Å². The van der Waals surface area contributed by atoms with Gasteiger partial charge in [-0.3, -0.25) is 4.79 Å². The second-order valence-electron chi connectivity index (χ2n) is 4.77. The van der Waals surface area contributed by atoms with Gasteiger partial charge >= 0.3 is 0 Å². The first-order valence-corrected chi connectivity index (χ1v) is 7.38. The summed E-state index contributed by atoms with van der Waals surface area (Å²) in [6.45, 7) is 1.93. The third-order valence-corrected chi connectivity index (χ3v) is 3.93. The number of pyridine rings is 1. The Labute approximate surface area is 124 Å². The van der Waals surface area contributed by atoms with E-state index in [1.54, 1.807) is 6.07 Å². The summed E-state index contributed by atoms with van der Waals surface area (Å²) < 4.78 is 6.14. The molecule has 2 heterocycles. The number of carbonyl (C=O) groups excluding carboxylic acids is 1. The molecule has 0 bridgehead atoms. The number of amides is 1. The van der Waals surface area contributed by atoms with Crippen LogP contribution in [0.15, 0.2) is 27.4 Å². The number of anilines is 1. The van der Waals surface area contributed by atoms with E-state index in [0.717, 1.165) is 23.0 Å². The maximum atomic E-state index is 12.1. The van der Waals surface area contributed by atoms with Crippen LogP contribution in [0.2, 0.25) is 0 Å².